The molecule has 0 bridgehead atoms. The Morgan fingerprint density at radius 1 is 0.974 bits per heavy atom. The lowest BCUT2D eigenvalue weighted by molar-refractivity contribution is -0.129. The molecule has 2 aliphatic rings. The van der Waals surface area contributed by atoms with E-state index >= 15 is 0 Å². The van der Waals surface area contributed by atoms with Gasteiger partial charge >= 0.3 is 0 Å². The van der Waals surface area contributed by atoms with Gasteiger partial charge in [-0.1, -0.05) is 24.3 Å². The Labute approximate surface area is 235 Å². The molecule has 0 unspecified atom stereocenters. The summed E-state index contributed by atoms with van der Waals surface area (Å²) in [5.74, 6) is -0.849. The standard InChI is InChI=1S/C28H26Cl2N6O3/c29-28(30)11-9-27(10-12-28,25(38)36-26(15-31)7-8-26)35-24(37)23-14-20-2-1-19(13-22(20)39-23)18-3-5-21(6-4-18)34-17-33-16-32/h1-6,13-14,16-17H,7-12H2,(H,35,37)(H,36,38)(H2,32,33,34). The molecule has 1 aromatic heterocycles. The van der Waals surface area contributed by atoms with Crippen molar-refractivity contribution in [2.24, 2.45) is 15.7 Å². The second kappa shape index (κ2) is 10.4. The zero-order valence-electron chi connectivity index (χ0n) is 20.9. The van der Waals surface area contributed by atoms with Crippen LogP contribution in [0.3, 0.4) is 0 Å². The third-order valence-corrected chi connectivity index (χ3v) is 8.00. The summed E-state index contributed by atoms with van der Waals surface area (Å²) in [6.07, 6.45) is 4.81. The van der Waals surface area contributed by atoms with Gasteiger partial charge in [0.15, 0.2) is 5.76 Å². The average molecular weight is 565 g/mol. The summed E-state index contributed by atoms with van der Waals surface area (Å²) in [6.45, 7) is 0. The molecular weight excluding hydrogens is 539 g/mol. The first kappa shape index (κ1) is 26.7. The van der Waals surface area contributed by atoms with E-state index in [0.29, 0.717) is 31.3 Å². The number of hydrogen-bond donors (Lipinski definition) is 3. The second-order valence-electron chi connectivity index (χ2n) is 9.99. The second-order valence-corrected chi connectivity index (χ2v) is 11.6. The number of amides is 2. The van der Waals surface area contributed by atoms with Crippen LogP contribution in [0.2, 0.25) is 0 Å². The number of nitrogens with one attached hydrogen (secondary N) is 2. The van der Waals surface area contributed by atoms with Gasteiger partial charge in [0.25, 0.3) is 5.91 Å². The Morgan fingerprint density at radius 3 is 2.31 bits per heavy atom. The number of furan rings is 1. The molecule has 0 radical (unpaired) electrons. The van der Waals surface area contributed by atoms with Crippen molar-refractivity contribution >= 4 is 64.3 Å². The maximum absolute atomic E-state index is 13.4. The number of halogens is 2. The molecule has 4 N–H and O–H groups in total. The van der Waals surface area contributed by atoms with E-state index in [4.69, 9.17) is 33.4 Å². The molecule has 2 saturated carbocycles. The number of alkyl halides is 2. The van der Waals surface area contributed by atoms with Crippen LogP contribution in [0, 0.1) is 11.3 Å². The third kappa shape index (κ3) is 5.77. The van der Waals surface area contributed by atoms with Gasteiger partial charge in [0.1, 0.15) is 27.3 Å². The normalized spacial score (nSPS) is 19.1. The SMILES string of the molecule is N#CC1(NC(=O)C2(NC(=O)c3cc4ccc(-c5ccc(N=CN=CN)cc5)cc4o3)CCC(Cl)(Cl)CC2)CC1. The van der Waals surface area contributed by atoms with Gasteiger partial charge in [0.05, 0.1) is 18.1 Å². The van der Waals surface area contributed by atoms with Crippen molar-refractivity contribution in [3.05, 3.63) is 54.3 Å². The Bertz CT molecular complexity index is 1510. The number of hydrogen-bond acceptors (Lipinski definition) is 5. The quantitative estimate of drug-likeness (QED) is 0.206. The highest BCUT2D eigenvalue weighted by Crippen LogP contribution is 2.43. The van der Waals surface area contributed by atoms with Crippen LogP contribution < -0.4 is 16.4 Å². The van der Waals surface area contributed by atoms with Crippen LogP contribution in [0.1, 0.15) is 49.1 Å². The number of nitriles is 1. The molecule has 9 nitrogen and oxygen atoms in total. The van der Waals surface area contributed by atoms with Crippen LogP contribution in [0.15, 0.2) is 62.9 Å². The summed E-state index contributed by atoms with van der Waals surface area (Å²) in [4.78, 5) is 34.7. The molecule has 2 amide bonds. The van der Waals surface area contributed by atoms with E-state index in [1.54, 1.807) is 6.07 Å². The Morgan fingerprint density at radius 2 is 1.67 bits per heavy atom. The third-order valence-electron chi connectivity index (χ3n) is 7.24. The predicted molar refractivity (Wildman–Crippen MR) is 151 cm³/mol. The van der Waals surface area contributed by atoms with E-state index in [9.17, 15) is 14.9 Å². The maximum Gasteiger partial charge on any atom is 0.287 e. The van der Waals surface area contributed by atoms with Gasteiger partial charge in [-0.3, -0.25) is 9.59 Å². The molecule has 200 valence electrons. The minimum atomic E-state index is -1.25. The van der Waals surface area contributed by atoms with Gasteiger partial charge in [0, 0.05) is 5.39 Å². The van der Waals surface area contributed by atoms with E-state index in [1.165, 1.54) is 6.34 Å². The summed E-state index contributed by atoms with van der Waals surface area (Å²) in [6, 6.07) is 17.0. The number of nitrogens with zero attached hydrogens (tertiary/aromatic N) is 3. The van der Waals surface area contributed by atoms with Crippen molar-refractivity contribution < 1.29 is 14.0 Å². The van der Waals surface area contributed by atoms with Crippen LogP contribution in [0.5, 0.6) is 0 Å². The van der Waals surface area contributed by atoms with Crippen LogP contribution in [0.25, 0.3) is 22.1 Å². The van der Waals surface area contributed by atoms with Crippen molar-refractivity contribution in [1.29, 1.82) is 5.26 Å². The molecule has 11 heteroatoms. The summed E-state index contributed by atoms with van der Waals surface area (Å²) < 4.78 is 4.95. The number of carbonyl (C=O) groups excluding carboxylic acids is 2. The number of aliphatic imine (C=N–C) groups is 2. The summed E-state index contributed by atoms with van der Waals surface area (Å²) in [7, 11) is 0. The highest BCUT2D eigenvalue weighted by Gasteiger charge is 2.52. The van der Waals surface area contributed by atoms with Gasteiger partial charge in [-0.05, 0) is 73.9 Å². The lowest BCUT2D eigenvalue weighted by atomic mass is 9.80. The molecule has 5 rings (SSSR count). The van der Waals surface area contributed by atoms with Crippen LogP contribution in [-0.2, 0) is 4.79 Å². The molecule has 2 fully saturated rings. The molecule has 0 aliphatic heterocycles. The fraction of sp³-hybridized carbons (Fsp3) is 0.321. The first-order valence-electron chi connectivity index (χ1n) is 12.5. The predicted octanol–water partition coefficient (Wildman–Crippen LogP) is 5.14. The highest BCUT2D eigenvalue weighted by atomic mass is 35.5. The molecule has 2 aromatic carbocycles. The first-order valence-corrected chi connectivity index (χ1v) is 13.3. The van der Waals surface area contributed by atoms with E-state index in [1.807, 2.05) is 42.5 Å². The minimum absolute atomic E-state index is 0.0782. The lowest BCUT2D eigenvalue weighted by Crippen LogP contribution is -2.62. The van der Waals surface area contributed by atoms with Crippen molar-refractivity contribution in [2.75, 3.05) is 0 Å². The van der Waals surface area contributed by atoms with Gasteiger partial charge in [-0.2, -0.15) is 5.26 Å². The van der Waals surface area contributed by atoms with Crippen molar-refractivity contribution in [1.82, 2.24) is 10.6 Å². The monoisotopic (exact) mass is 564 g/mol. The summed E-state index contributed by atoms with van der Waals surface area (Å²) in [5, 5.41) is 15.9. The largest absolute Gasteiger partial charge is 0.451 e. The van der Waals surface area contributed by atoms with E-state index < -0.39 is 27.2 Å². The number of rotatable bonds is 7. The topological polar surface area (TPSA) is 146 Å². The van der Waals surface area contributed by atoms with Gasteiger partial charge in [0.2, 0.25) is 5.91 Å². The van der Waals surface area contributed by atoms with Crippen LogP contribution >= 0.6 is 23.2 Å². The van der Waals surface area contributed by atoms with Crippen LogP contribution in [0.4, 0.5) is 5.69 Å². The molecule has 0 spiro atoms. The molecule has 3 aromatic rings. The van der Waals surface area contributed by atoms with E-state index in [2.05, 4.69) is 26.7 Å². The van der Waals surface area contributed by atoms with Crippen molar-refractivity contribution in [3.63, 3.8) is 0 Å². The fourth-order valence-electron chi connectivity index (χ4n) is 4.66. The smallest absolute Gasteiger partial charge is 0.287 e. The molecule has 1 heterocycles. The Kier molecular flexibility index (Phi) is 7.10. The summed E-state index contributed by atoms with van der Waals surface area (Å²) >= 11 is 12.6. The molecule has 2 aliphatic carbocycles. The zero-order valence-corrected chi connectivity index (χ0v) is 22.4. The highest BCUT2D eigenvalue weighted by molar-refractivity contribution is 6.48. The van der Waals surface area contributed by atoms with E-state index in [0.717, 1.165) is 28.5 Å². The van der Waals surface area contributed by atoms with Crippen molar-refractivity contribution in [2.45, 2.75) is 53.9 Å². The maximum atomic E-state index is 13.4. The van der Waals surface area contributed by atoms with Gasteiger partial charge in [-0.25, -0.2) is 9.98 Å². The number of benzene rings is 2. The number of nitrogens with two attached hydrogens (primary N) is 1. The first-order chi connectivity index (χ1) is 18.7. The van der Waals surface area contributed by atoms with Gasteiger partial charge in [-0.15, -0.1) is 23.2 Å². The average Bonchev–Trinajstić information content (AvgIpc) is 3.57. The fourth-order valence-corrected chi connectivity index (χ4v) is 5.04. The zero-order chi connectivity index (χ0) is 27.7. The van der Waals surface area contributed by atoms with Gasteiger partial charge < -0.3 is 20.8 Å². The molecular formula is C28H26Cl2N6O3. The van der Waals surface area contributed by atoms with Crippen molar-refractivity contribution in [3.8, 4) is 17.2 Å². The molecule has 39 heavy (non-hydrogen) atoms. The number of fused-ring (bicyclic) bond motifs is 1. The van der Waals surface area contributed by atoms with E-state index in [-0.39, 0.29) is 18.6 Å². The Hall–Kier alpha value is -3.87. The minimum Gasteiger partial charge on any atom is -0.451 e. The Balaban J connectivity index is 1.36. The number of carbonyl (C=O) groups is 2. The van der Waals surface area contributed by atoms with Crippen LogP contribution in [-0.4, -0.2) is 39.9 Å². The molecule has 0 saturated heterocycles. The molecule has 0 atom stereocenters. The summed E-state index contributed by atoms with van der Waals surface area (Å²) in [5.41, 5.74) is 6.18. The lowest BCUT2D eigenvalue weighted by Gasteiger charge is -2.40.